The fraction of sp³-hybridized carbons (Fsp3) is 0.235. The van der Waals surface area contributed by atoms with Gasteiger partial charge in [-0.15, -0.1) is 0 Å². The number of rotatable bonds is 8. The number of carbonyl (C=O) groups excluding carboxylic acids is 1. The number of likely N-dealkylation sites (N-methyl/N-ethyl adjacent to an activating group) is 1. The number of hydrogen-bond acceptors (Lipinski definition) is 7. The van der Waals surface area contributed by atoms with Crippen LogP contribution >= 0.6 is 0 Å². The minimum atomic E-state index is -4.24. The van der Waals surface area contributed by atoms with Crippen molar-refractivity contribution < 1.29 is 27.6 Å². The predicted octanol–water partition coefficient (Wildman–Crippen LogP) is 1.77. The van der Waals surface area contributed by atoms with Crippen LogP contribution in [0.1, 0.15) is 16.4 Å². The van der Waals surface area contributed by atoms with Crippen LogP contribution in [0.3, 0.4) is 0 Å². The van der Waals surface area contributed by atoms with E-state index in [4.69, 9.17) is 0 Å². The largest absolute Gasteiger partial charge is 0.504 e. The quantitative estimate of drug-likeness (QED) is 0.417. The van der Waals surface area contributed by atoms with E-state index in [0.717, 1.165) is 11.6 Å². The molecule has 0 fully saturated rings. The molecule has 0 aliphatic heterocycles. The van der Waals surface area contributed by atoms with Crippen molar-refractivity contribution in [2.45, 2.75) is 11.8 Å². The Kier molecular flexibility index (Phi) is 6.00. The molecular weight excluding hydrogens is 346 g/mol. The molecule has 134 valence electrons. The molecule has 25 heavy (non-hydrogen) atoms. The van der Waals surface area contributed by atoms with Gasteiger partial charge < -0.3 is 19.3 Å². The first-order chi connectivity index (χ1) is 11.8. The van der Waals surface area contributed by atoms with Crippen LogP contribution in [-0.4, -0.2) is 43.6 Å². The fourth-order valence-electron chi connectivity index (χ4n) is 2.47. The van der Waals surface area contributed by atoms with E-state index in [1.165, 1.54) is 12.1 Å². The number of hydrogen-bond donors (Lipinski definition) is 2. The molecule has 0 aliphatic carbocycles. The second kappa shape index (κ2) is 8.00. The highest BCUT2D eigenvalue weighted by Crippen LogP contribution is 2.32. The first kappa shape index (κ1) is 18.8. The summed E-state index contributed by atoms with van der Waals surface area (Å²) in [6.45, 7) is 0.368. The van der Waals surface area contributed by atoms with E-state index in [2.05, 4.69) is 4.18 Å². The van der Waals surface area contributed by atoms with Gasteiger partial charge in [0.25, 0.3) is 0 Å². The molecule has 0 spiro atoms. The molecule has 7 nitrogen and oxygen atoms in total. The van der Waals surface area contributed by atoms with Gasteiger partial charge in [-0.25, -0.2) is 0 Å². The molecule has 0 radical (unpaired) electrons. The van der Waals surface area contributed by atoms with E-state index in [-0.39, 0.29) is 24.3 Å². The van der Waals surface area contributed by atoms with Crippen LogP contribution < -0.4 is 0 Å². The summed E-state index contributed by atoms with van der Waals surface area (Å²) in [5, 5.41) is 17.8. The van der Waals surface area contributed by atoms with Crippen molar-refractivity contribution in [1.82, 2.24) is 4.90 Å². The molecule has 0 heterocycles. The number of aromatic hydroxyl groups is 2. The molecule has 0 bridgehead atoms. The van der Waals surface area contributed by atoms with Gasteiger partial charge in [0.05, 0.1) is 0 Å². The third kappa shape index (κ3) is 4.94. The van der Waals surface area contributed by atoms with Crippen LogP contribution in [-0.2, 0) is 25.6 Å². The van der Waals surface area contributed by atoms with Crippen molar-refractivity contribution in [3.63, 3.8) is 0 Å². The van der Waals surface area contributed by atoms with E-state index in [9.17, 15) is 23.4 Å². The van der Waals surface area contributed by atoms with Gasteiger partial charge in [-0.3, -0.25) is 4.79 Å². The molecule has 2 aromatic carbocycles. The minimum absolute atomic E-state index is 0.0231. The number of benzene rings is 2. The zero-order valence-corrected chi connectivity index (χ0v) is 14.4. The SMILES string of the molecule is CN(Cc1ccccc1)CC(c1ccc(O)c(O)c1)S(=O)(=O)OC=O. The molecule has 8 heteroatoms. The summed E-state index contributed by atoms with van der Waals surface area (Å²) < 4.78 is 28.9. The minimum Gasteiger partial charge on any atom is -0.504 e. The van der Waals surface area contributed by atoms with Crippen molar-refractivity contribution in [2.24, 2.45) is 0 Å². The van der Waals surface area contributed by atoms with E-state index in [1.807, 2.05) is 30.3 Å². The molecule has 0 amide bonds. The Morgan fingerprint density at radius 2 is 1.80 bits per heavy atom. The number of nitrogens with zero attached hydrogens (tertiary/aromatic N) is 1. The van der Waals surface area contributed by atoms with Gasteiger partial charge in [0.1, 0.15) is 5.25 Å². The van der Waals surface area contributed by atoms with Gasteiger partial charge in [0.15, 0.2) is 11.5 Å². The topological polar surface area (TPSA) is 104 Å². The molecule has 0 saturated heterocycles. The van der Waals surface area contributed by atoms with Crippen LogP contribution in [0.25, 0.3) is 0 Å². The first-order valence-corrected chi connectivity index (χ1v) is 8.90. The third-order valence-corrected chi connectivity index (χ3v) is 5.13. The van der Waals surface area contributed by atoms with E-state index < -0.39 is 21.1 Å². The summed E-state index contributed by atoms with van der Waals surface area (Å²) >= 11 is 0. The molecule has 2 rings (SSSR count). The van der Waals surface area contributed by atoms with Gasteiger partial charge in [-0.2, -0.15) is 8.42 Å². The lowest BCUT2D eigenvalue weighted by Gasteiger charge is -2.23. The summed E-state index contributed by atoms with van der Waals surface area (Å²) in [5.41, 5.74) is 1.20. The summed E-state index contributed by atoms with van der Waals surface area (Å²) in [6.07, 6.45) is 0. The molecule has 0 aliphatic rings. The van der Waals surface area contributed by atoms with Gasteiger partial charge in [0, 0.05) is 13.1 Å². The maximum absolute atomic E-state index is 12.3. The average Bonchev–Trinajstić information content (AvgIpc) is 2.56. The standard InChI is InChI=1S/C17H19NO6S/c1-18(10-13-5-3-2-4-6-13)11-17(25(22,23)24-12-19)14-7-8-15(20)16(21)9-14/h2-9,12,17,20-21H,10-11H2,1H3. The molecule has 2 aromatic rings. The maximum Gasteiger partial charge on any atom is 0.319 e. The third-order valence-electron chi connectivity index (χ3n) is 3.67. The highest BCUT2D eigenvalue weighted by atomic mass is 32.2. The van der Waals surface area contributed by atoms with Gasteiger partial charge in [-0.05, 0) is 30.3 Å². The second-order valence-corrected chi connectivity index (χ2v) is 7.35. The van der Waals surface area contributed by atoms with E-state index >= 15 is 0 Å². The Bertz CT molecular complexity index is 822. The molecule has 2 N–H and O–H groups in total. The second-order valence-electron chi connectivity index (χ2n) is 5.60. The summed E-state index contributed by atoms with van der Waals surface area (Å²) in [6, 6.07) is 13.2. The van der Waals surface area contributed by atoms with E-state index in [1.54, 1.807) is 11.9 Å². The van der Waals surface area contributed by atoms with Crippen LogP contribution in [0.15, 0.2) is 48.5 Å². The Hall–Kier alpha value is -2.58. The number of carbonyl (C=O) groups is 1. The Balaban J connectivity index is 2.28. The Morgan fingerprint density at radius 3 is 2.40 bits per heavy atom. The monoisotopic (exact) mass is 365 g/mol. The summed E-state index contributed by atoms with van der Waals surface area (Å²) in [4.78, 5) is 12.3. The van der Waals surface area contributed by atoms with Gasteiger partial charge in [-0.1, -0.05) is 36.4 Å². The lowest BCUT2D eigenvalue weighted by atomic mass is 10.1. The van der Waals surface area contributed by atoms with Crippen molar-refractivity contribution in [1.29, 1.82) is 0 Å². The number of phenols is 2. The molecular formula is C17H19NO6S. The summed E-state index contributed by atoms with van der Waals surface area (Å²) in [5.74, 6) is -0.816. The smallest absolute Gasteiger partial charge is 0.319 e. The van der Waals surface area contributed by atoms with Gasteiger partial charge >= 0.3 is 16.6 Å². The zero-order valence-electron chi connectivity index (χ0n) is 13.6. The maximum atomic E-state index is 12.3. The van der Waals surface area contributed by atoms with E-state index in [0.29, 0.717) is 6.54 Å². The van der Waals surface area contributed by atoms with Crippen LogP contribution in [0.2, 0.25) is 0 Å². The van der Waals surface area contributed by atoms with Gasteiger partial charge in [0.2, 0.25) is 0 Å². The predicted molar refractivity (Wildman–Crippen MR) is 91.4 cm³/mol. The van der Waals surface area contributed by atoms with Crippen molar-refractivity contribution in [2.75, 3.05) is 13.6 Å². The lowest BCUT2D eigenvalue weighted by molar-refractivity contribution is -0.120. The van der Waals surface area contributed by atoms with Crippen molar-refractivity contribution in [3.8, 4) is 11.5 Å². The van der Waals surface area contributed by atoms with Crippen LogP contribution in [0.5, 0.6) is 11.5 Å². The first-order valence-electron chi connectivity index (χ1n) is 7.43. The Morgan fingerprint density at radius 1 is 1.12 bits per heavy atom. The summed E-state index contributed by atoms with van der Waals surface area (Å²) in [7, 11) is -2.51. The van der Waals surface area contributed by atoms with Crippen molar-refractivity contribution in [3.05, 3.63) is 59.7 Å². The zero-order chi connectivity index (χ0) is 18.4. The van der Waals surface area contributed by atoms with Crippen LogP contribution in [0.4, 0.5) is 0 Å². The molecule has 0 aromatic heterocycles. The van der Waals surface area contributed by atoms with Crippen LogP contribution in [0, 0.1) is 0 Å². The normalized spacial score (nSPS) is 12.7. The highest BCUT2D eigenvalue weighted by molar-refractivity contribution is 7.87. The fourth-order valence-corrected chi connectivity index (χ4v) is 3.63. The molecule has 0 saturated carbocycles. The molecule has 1 unspecified atom stereocenters. The molecule has 1 atom stereocenters. The average molecular weight is 365 g/mol. The Labute approximate surface area is 146 Å². The number of phenolic OH excluding ortho intramolecular Hbond substituents is 2. The lowest BCUT2D eigenvalue weighted by Crippen LogP contribution is -2.29. The van der Waals surface area contributed by atoms with Crippen molar-refractivity contribution >= 4 is 16.6 Å². The highest BCUT2D eigenvalue weighted by Gasteiger charge is 2.31.